The number of rotatable bonds is 6. The van der Waals surface area contributed by atoms with Crippen molar-refractivity contribution in [1.29, 1.82) is 0 Å². The Balaban J connectivity index is 1.60. The first-order valence-electron chi connectivity index (χ1n) is 8.72. The number of aryl methyl sites for hydroxylation is 1. The average Bonchev–Trinajstić information content (AvgIpc) is 3.14. The second-order valence-electron chi connectivity index (χ2n) is 6.60. The van der Waals surface area contributed by atoms with Crippen LogP contribution in [-0.4, -0.2) is 48.4 Å². The highest BCUT2D eigenvalue weighted by Gasteiger charge is 2.31. The standard InChI is InChI=1S/C18H21FN4O4S/c1-12-15(13(2)23(22-12)14-7-8-28(25,26)11-14)9-20-21-18(24)10-27-17-6-4-3-5-16(17)19/h3-6,9,14H,7-8,10-11H2,1-2H3,(H,21,24)/b20-9-/t14-/m1/s1. The lowest BCUT2D eigenvalue weighted by atomic mass is 10.2. The van der Waals surface area contributed by atoms with E-state index >= 15 is 0 Å². The first-order valence-corrected chi connectivity index (χ1v) is 10.5. The lowest BCUT2D eigenvalue weighted by Crippen LogP contribution is -2.24. The molecular formula is C18H21FN4O4S. The summed E-state index contributed by atoms with van der Waals surface area (Å²) >= 11 is 0. The number of hydrogen-bond acceptors (Lipinski definition) is 6. The monoisotopic (exact) mass is 408 g/mol. The molecule has 1 N–H and O–H groups in total. The summed E-state index contributed by atoms with van der Waals surface area (Å²) in [5, 5.41) is 8.32. The Morgan fingerprint density at radius 1 is 1.43 bits per heavy atom. The van der Waals surface area contributed by atoms with E-state index in [1.54, 1.807) is 17.7 Å². The van der Waals surface area contributed by atoms with Gasteiger partial charge in [-0.2, -0.15) is 10.2 Å². The highest BCUT2D eigenvalue weighted by molar-refractivity contribution is 7.91. The van der Waals surface area contributed by atoms with E-state index in [0.717, 1.165) is 5.69 Å². The number of aromatic nitrogens is 2. The van der Waals surface area contributed by atoms with Gasteiger partial charge >= 0.3 is 0 Å². The summed E-state index contributed by atoms with van der Waals surface area (Å²) in [7, 11) is -3.02. The molecule has 1 amide bonds. The third-order valence-corrected chi connectivity index (χ3v) is 6.26. The van der Waals surface area contributed by atoms with Gasteiger partial charge in [0.15, 0.2) is 28.0 Å². The van der Waals surface area contributed by atoms with E-state index in [2.05, 4.69) is 15.6 Å². The van der Waals surface area contributed by atoms with Crippen LogP contribution in [0, 0.1) is 19.7 Å². The maximum Gasteiger partial charge on any atom is 0.277 e. The van der Waals surface area contributed by atoms with Gasteiger partial charge in [-0.15, -0.1) is 0 Å². The van der Waals surface area contributed by atoms with Crippen LogP contribution in [0.4, 0.5) is 4.39 Å². The van der Waals surface area contributed by atoms with Crippen molar-refractivity contribution in [2.75, 3.05) is 18.1 Å². The molecule has 3 rings (SSSR count). The summed E-state index contributed by atoms with van der Waals surface area (Å²) < 4.78 is 43.7. The minimum absolute atomic E-state index is 0.0129. The van der Waals surface area contributed by atoms with Gasteiger partial charge in [-0.1, -0.05) is 12.1 Å². The largest absolute Gasteiger partial charge is 0.481 e. The van der Waals surface area contributed by atoms with Gasteiger partial charge < -0.3 is 4.74 Å². The van der Waals surface area contributed by atoms with E-state index in [1.165, 1.54) is 24.4 Å². The van der Waals surface area contributed by atoms with Crippen LogP contribution in [0.5, 0.6) is 5.75 Å². The van der Waals surface area contributed by atoms with Crippen LogP contribution in [0.25, 0.3) is 0 Å². The van der Waals surface area contributed by atoms with Gasteiger partial charge in [0.1, 0.15) is 0 Å². The Bertz CT molecular complexity index is 1020. The van der Waals surface area contributed by atoms with Crippen molar-refractivity contribution in [2.24, 2.45) is 5.10 Å². The molecule has 2 aromatic rings. The van der Waals surface area contributed by atoms with E-state index in [0.29, 0.717) is 17.7 Å². The average molecular weight is 408 g/mol. The predicted octanol–water partition coefficient (Wildman–Crippen LogP) is 1.53. The van der Waals surface area contributed by atoms with Gasteiger partial charge in [-0.05, 0) is 32.4 Å². The highest BCUT2D eigenvalue weighted by Crippen LogP contribution is 2.26. The fourth-order valence-corrected chi connectivity index (χ4v) is 4.78. The number of hydrogen-bond donors (Lipinski definition) is 1. The molecule has 2 heterocycles. The summed E-state index contributed by atoms with van der Waals surface area (Å²) in [4.78, 5) is 11.8. The topological polar surface area (TPSA) is 103 Å². The molecule has 8 nitrogen and oxygen atoms in total. The number of hydrazone groups is 1. The number of ether oxygens (including phenoxy) is 1. The molecule has 1 aliphatic rings. The number of nitrogens with one attached hydrogen (secondary N) is 1. The van der Waals surface area contributed by atoms with Crippen molar-refractivity contribution >= 4 is 22.0 Å². The summed E-state index contributed by atoms with van der Waals surface area (Å²) in [6.07, 6.45) is 1.99. The summed E-state index contributed by atoms with van der Waals surface area (Å²) in [5.41, 5.74) is 4.49. The van der Waals surface area contributed by atoms with Gasteiger partial charge in [0.25, 0.3) is 5.91 Å². The number of carbonyl (C=O) groups is 1. The summed E-state index contributed by atoms with van der Waals surface area (Å²) in [5.74, 6) is -0.857. The van der Waals surface area contributed by atoms with Crippen LogP contribution in [0.15, 0.2) is 29.4 Å². The third kappa shape index (κ3) is 4.56. The number of amides is 1. The molecule has 28 heavy (non-hydrogen) atoms. The Kier molecular flexibility index (Phi) is 5.78. The number of sulfone groups is 1. The first kappa shape index (κ1) is 20.0. The zero-order valence-electron chi connectivity index (χ0n) is 15.6. The van der Waals surface area contributed by atoms with Crippen molar-refractivity contribution in [1.82, 2.24) is 15.2 Å². The Labute approximate surface area is 162 Å². The molecule has 150 valence electrons. The Hall–Kier alpha value is -2.75. The maximum absolute atomic E-state index is 13.4. The summed E-state index contributed by atoms with van der Waals surface area (Å²) in [6, 6.07) is 5.61. The molecule has 0 radical (unpaired) electrons. The van der Waals surface area contributed by atoms with Crippen molar-refractivity contribution in [2.45, 2.75) is 26.3 Å². The molecule has 1 aliphatic heterocycles. The minimum Gasteiger partial charge on any atom is -0.481 e. The van der Waals surface area contributed by atoms with E-state index in [1.807, 2.05) is 6.92 Å². The summed E-state index contributed by atoms with van der Waals surface area (Å²) in [6.45, 7) is 3.24. The second kappa shape index (κ2) is 8.09. The molecule has 0 spiro atoms. The van der Waals surface area contributed by atoms with Crippen LogP contribution < -0.4 is 10.2 Å². The molecule has 10 heteroatoms. The molecule has 0 bridgehead atoms. The van der Waals surface area contributed by atoms with E-state index in [4.69, 9.17) is 4.74 Å². The first-order chi connectivity index (χ1) is 13.3. The highest BCUT2D eigenvalue weighted by atomic mass is 32.2. The molecule has 1 aromatic heterocycles. The van der Waals surface area contributed by atoms with Gasteiger partial charge in [-0.3, -0.25) is 9.48 Å². The van der Waals surface area contributed by atoms with Crippen LogP contribution in [-0.2, 0) is 14.6 Å². The molecule has 1 saturated heterocycles. The minimum atomic E-state index is -3.02. The molecular weight excluding hydrogens is 387 g/mol. The predicted molar refractivity (Wildman–Crippen MR) is 102 cm³/mol. The van der Waals surface area contributed by atoms with Crippen molar-refractivity contribution in [3.8, 4) is 5.75 Å². The van der Waals surface area contributed by atoms with Crippen molar-refractivity contribution in [3.05, 3.63) is 47.0 Å². The van der Waals surface area contributed by atoms with Gasteiger partial charge in [0, 0.05) is 11.3 Å². The SMILES string of the molecule is Cc1nn([C@@H]2CCS(=O)(=O)C2)c(C)c1/C=N\NC(=O)COc1ccccc1F. The zero-order chi connectivity index (χ0) is 20.3. The number of nitrogens with zero attached hydrogens (tertiary/aromatic N) is 3. The molecule has 0 unspecified atom stereocenters. The smallest absolute Gasteiger partial charge is 0.277 e. The Morgan fingerprint density at radius 3 is 2.86 bits per heavy atom. The number of benzene rings is 1. The van der Waals surface area contributed by atoms with Crippen LogP contribution in [0.3, 0.4) is 0 Å². The molecule has 0 aliphatic carbocycles. The van der Waals surface area contributed by atoms with E-state index < -0.39 is 21.6 Å². The lowest BCUT2D eigenvalue weighted by molar-refractivity contribution is -0.123. The second-order valence-corrected chi connectivity index (χ2v) is 8.83. The Morgan fingerprint density at radius 2 is 2.18 bits per heavy atom. The number of halogens is 1. The van der Waals surface area contributed by atoms with Crippen LogP contribution >= 0.6 is 0 Å². The normalized spacial score (nSPS) is 18.5. The zero-order valence-corrected chi connectivity index (χ0v) is 16.4. The van der Waals surface area contributed by atoms with E-state index in [-0.39, 0.29) is 29.9 Å². The van der Waals surface area contributed by atoms with Gasteiger partial charge in [0.05, 0.1) is 29.5 Å². The van der Waals surface area contributed by atoms with Crippen LogP contribution in [0.1, 0.15) is 29.4 Å². The maximum atomic E-state index is 13.4. The number of carbonyl (C=O) groups excluding carboxylic acids is 1. The van der Waals surface area contributed by atoms with Crippen LogP contribution in [0.2, 0.25) is 0 Å². The molecule has 1 atom stereocenters. The quantitative estimate of drug-likeness (QED) is 0.577. The molecule has 0 saturated carbocycles. The van der Waals surface area contributed by atoms with Gasteiger partial charge in [-0.25, -0.2) is 18.2 Å². The lowest BCUT2D eigenvalue weighted by Gasteiger charge is -2.10. The number of para-hydroxylation sites is 1. The fourth-order valence-electron chi connectivity index (χ4n) is 3.09. The van der Waals surface area contributed by atoms with E-state index in [9.17, 15) is 17.6 Å². The fraction of sp³-hybridized carbons (Fsp3) is 0.389. The molecule has 1 aromatic carbocycles. The van der Waals surface area contributed by atoms with Gasteiger partial charge in [0.2, 0.25) is 0 Å². The van der Waals surface area contributed by atoms with Crippen molar-refractivity contribution in [3.63, 3.8) is 0 Å². The molecule has 1 fully saturated rings. The third-order valence-electron chi connectivity index (χ3n) is 4.51. The van der Waals surface area contributed by atoms with Crippen molar-refractivity contribution < 1.29 is 22.3 Å².